The van der Waals surface area contributed by atoms with Crippen LogP contribution in [0.15, 0.2) is 0 Å². The first-order chi connectivity index (χ1) is 5.06. The highest BCUT2D eigenvalue weighted by molar-refractivity contribution is 5.77. The molecule has 3 heteroatoms. The normalized spacial score (nSPS) is 13.2. The van der Waals surface area contributed by atoms with Gasteiger partial charge in [-0.1, -0.05) is 13.8 Å². The molecule has 0 aliphatic carbocycles. The number of carbonyl (C=O) groups excluding carboxylic acids is 1. The highest BCUT2D eigenvalue weighted by Crippen LogP contribution is 2.02. The van der Waals surface area contributed by atoms with Crippen LogP contribution in [0.5, 0.6) is 0 Å². The Morgan fingerprint density at radius 3 is 2.36 bits per heavy atom. The van der Waals surface area contributed by atoms with Gasteiger partial charge in [0.15, 0.2) is 0 Å². The number of nitrogens with one attached hydrogen (secondary N) is 1. The second kappa shape index (κ2) is 5.13. The monoisotopic (exact) mass is 158 g/mol. The van der Waals surface area contributed by atoms with Gasteiger partial charge in [0, 0.05) is 6.04 Å². The third-order valence-corrected chi connectivity index (χ3v) is 1.42. The zero-order valence-corrected chi connectivity index (χ0v) is 7.55. The summed E-state index contributed by atoms with van der Waals surface area (Å²) in [6.07, 6.45) is 1.01. The van der Waals surface area contributed by atoms with E-state index in [0.717, 1.165) is 6.42 Å². The first kappa shape index (κ1) is 10.4. The van der Waals surface area contributed by atoms with Crippen LogP contribution >= 0.6 is 0 Å². The molecule has 0 radical (unpaired) electrons. The molecule has 3 N–H and O–H groups in total. The summed E-state index contributed by atoms with van der Waals surface area (Å²) in [4.78, 5) is 10.8. The van der Waals surface area contributed by atoms with E-state index < -0.39 is 0 Å². The fraction of sp³-hybridized carbons (Fsp3) is 0.875. The minimum atomic E-state index is -0.0712. The second-order valence-corrected chi connectivity index (χ2v) is 3.30. The molecule has 1 amide bonds. The van der Waals surface area contributed by atoms with Gasteiger partial charge in [-0.25, -0.2) is 0 Å². The average Bonchev–Trinajstić information content (AvgIpc) is 1.85. The number of hydrogen-bond donors (Lipinski definition) is 2. The summed E-state index contributed by atoms with van der Waals surface area (Å²) in [6.45, 7) is 6.34. The van der Waals surface area contributed by atoms with Crippen LogP contribution in [0.25, 0.3) is 0 Å². The van der Waals surface area contributed by atoms with Gasteiger partial charge in [0.2, 0.25) is 5.91 Å². The number of amides is 1. The molecule has 0 saturated heterocycles. The Bertz CT molecular complexity index is 123. The summed E-state index contributed by atoms with van der Waals surface area (Å²) < 4.78 is 0. The van der Waals surface area contributed by atoms with E-state index in [4.69, 9.17) is 5.73 Å². The molecule has 0 saturated carbocycles. The molecule has 11 heavy (non-hydrogen) atoms. The standard InChI is InChI=1S/C8H18N2O/c1-6(2)4-7(3)10-8(11)5-9/h6-7H,4-5,9H2,1-3H3,(H,10,11). The van der Waals surface area contributed by atoms with Crippen molar-refractivity contribution in [3.05, 3.63) is 0 Å². The van der Waals surface area contributed by atoms with Gasteiger partial charge in [0.25, 0.3) is 0 Å². The molecule has 0 aliphatic rings. The Labute approximate surface area is 68.3 Å². The zero-order chi connectivity index (χ0) is 8.85. The Morgan fingerprint density at radius 2 is 2.00 bits per heavy atom. The molecule has 0 rings (SSSR count). The maximum absolute atomic E-state index is 10.8. The molecule has 0 aliphatic heterocycles. The van der Waals surface area contributed by atoms with Gasteiger partial charge in [-0.05, 0) is 19.3 Å². The Kier molecular flexibility index (Phi) is 4.86. The van der Waals surface area contributed by atoms with Gasteiger partial charge in [0.05, 0.1) is 6.54 Å². The van der Waals surface area contributed by atoms with Crippen molar-refractivity contribution in [2.75, 3.05) is 6.54 Å². The van der Waals surface area contributed by atoms with E-state index in [-0.39, 0.29) is 18.5 Å². The summed E-state index contributed by atoms with van der Waals surface area (Å²) in [6, 6.07) is 0.242. The Hall–Kier alpha value is -0.570. The van der Waals surface area contributed by atoms with E-state index >= 15 is 0 Å². The molecular formula is C8H18N2O. The van der Waals surface area contributed by atoms with Gasteiger partial charge >= 0.3 is 0 Å². The van der Waals surface area contributed by atoms with Crippen LogP contribution in [-0.2, 0) is 4.79 Å². The lowest BCUT2D eigenvalue weighted by Crippen LogP contribution is -2.37. The average molecular weight is 158 g/mol. The van der Waals surface area contributed by atoms with Gasteiger partial charge < -0.3 is 11.1 Å². The van der Waals surface area contributed by atoms with E-state index in [2.05, 4.69) is 19.2 Å². The Balaban J connectivity index is 3.51. The molecule has 3 nitrogen and oxygen atoms in total. The van der Waals surface area contributed by atoms with Gasteiger partial charge in [-0.3, -0.25) is 4.79 Å². The zero-order valence-electron chi connectivity index (χ0n) is 7.55. The quantitative estimate of drug-likeness (QED) is 0.626. The molecule has 1 unspecified atom stereocenters. The van der Waals surface area contributed by atoms with E-state index in [1.165, 1.54) is 0 Å². The first-order valence-electron chi connectivity index (χ1n) is 4.05. The van der Waals surface area contributed by atoms with Crippen molar-refractivity contribution < 1.29 is 4.79 Å². The summed E-state index contributed by atoms with van der Waals surface area (Å²) in [5.41, 5.74) is 5.14. The highest BCUT2D eigenvalue weighted by Gasteiger charge is 2.06. The maximum Gasteiger partial charge on any atom is 0.233 e. The van der Waals surface area contributed by atoms with Crippen molar-refractivity contribution in [3.63, 3.8) is 0 Å². The third kappa shape index (κ3) is 5.85. The van der Waals surface area contributed by atoms with E-state index in [1.807, 2.05) is 6.92 Å². The van der Waals surface area contributed by atoms with Crippen LogP contribution in [0.4, 0.5) is 0 Å². The lowest BCUT2D eigenvalue weighted by Gasteiger charge is -2.14. The molecule has 66 valence electrons. The van der Waals surface area contributed by atoms with Crippen LogP contribution in [0.3, 0.4) is 0 Å². The molecule has 1 atom stereocenters. The SMILES string of the molecule is CC(C)CC(C)NC(=O)CN. The smallest absolute Gasteiger partial charge is 0.233 e. The summed E-state index contributed by atoms with van der Waals surface area (Å²) in [7, 11) is 0. The van der Waals surface area contributed by atoms with Crippen molar-refractivity contribution in [3.8, 4) is 0 Å². The van der Waals surface area contributed by atoms with Crippen molar-refractivity contribution in [2.45, 2.75) is 33.2 Å². The molecule has 0 bridgehead atoms. The predicted octanol–water partition coefficient (Wildman–Crippen LogP) is 0.496. The largest absolute Gasteiger partial charge is 0.353 e. The maximum atomic E-state index is 10.8. The molecule has 0 aromatic rings. The third-order valence-electron chi connectivity index (χ3n) is 1.42. The summed E-state index contributed by atoms with van der Waals surface area (Å²) >= 11 is 0. The number of hydrogen-bond acceptors (Lipinski definition) is 2. The molecule has 0 fully saturated rings. The lowest BCUT2D eigenvalue weighted by molar-refractivity contribution is -0.120. The number of nitrogens with two attached hydrogens (primary N) is 1. The van der Waals surface area contributed by atoms with Crippen molar-refractivity contribution in [2.24, 2.45) is 11.7 Å². The summed E-state index contributed by atoms with van der Waals surface area (Å²) in [5.74, 6) is 0.543. The first-order valence-corrected chi connectivity index (χ1v) is 4.05. The molecule has 0 aromatic heterocycles. The van der Waals surface area contributed by atoms with Crippen LogP contribution in [0.2, 0.25) is 0 Å². The minimum absolute atomic E-state index is 0.0712. The topological polar surface area (TPSA) is 55.1 Å². The van der Waals surface area contributed by atoms with E-state index in [0.29, 0.717) is 5.92 Å². The van der Waals surface area contributed by atoms with Crippen molar-refractivity contribution >= 4 is 5.91 Å². The fourth-order valence-electron chi connectivity index (χ4n) is 1.10. The van der Waals surface area contributed by atoms with Crippen molar-refractivity contribution in [1.29, 1.82) is 0 Å². The van der Waals surface area contributed by atoms with Crippen LogP contribution in [0.1, 0.15) is 27.2 Å². The number of carbonyl (C=O) groups is 1. The van der Waals surface area contributed by atoms with Crippen molar-refractivity contribution in [1.82, 2.24) is 5.32 Å². The van der Waals surface area contributed by atoms with Crippen LogP contribution < -0.4 is 11.1 Å². The van der Waals surface area contributed by atoms with E-state index in [1.54, 1.807) is 0 Å². The fourth-order valence-corrected chi connectivity index (χ4v) is 1.10. The van der Waals surface area contributed by atoms with Gasteiger partial charge in [0.1, 0.15) is 0 Å². The molecule has 0 aromatic carbocycles. The van der Waals surface area contributed by atoms with Gasteiger partial charge in [-0.2, -0.15) is 0 Å². The van der Waals surface area contributed by atoms with Crippen LogP contribution in [0, 0.1) is 5.92 Å². The second-order valence-electron chi connectivity index (χ2n) is 3.30. The minimum Gasteiger partial charge on any atom is -0.353 e. The number of rotatable bonds is 4. The van der Waals surface area contributed by atoms with Gasteiger partial charge in [-0.15, -0.1) is 0 Å². The molecule has 0 heterocycles. The van der Waals surface area contributed by atoms with Crippen LogP contribution in [-0.4, -0.2) is 18.5 Å². The Morgan fingerprint density at radius 1 is 1.45 bits per heavy atom. The predicted molar refractivity (Wildman–Crippen MR) is 46.1 cm³/mol. The molecule has 0 spiro atoms. The van der Waals surface area contributed by atoms with E-state index in [9.17, 15) is 4.79 Å². The summed E-state index contributed by atoms with van der Waals surface area (Å²) in [5, 5.41) is 2.80. The highest BCUT2D eigenvalue weighted by atomic mass is 16.1. The lowest BCUT2D eigenvalue weighted by atomic mass is 10.1. The molecular weight excluding hydrogens is 140 g/mol.